The second-order valence-electron chi connectivity index (χ2n) is 10.9. The molecule has 2 amide bonds. The van der Waals surface area contributed by atoms with Crippen LogP contribution in [0.15, 0.2) is 103 Å². The first kappa shape index (κ1) is 25.8. The number of carbonyl (C=O) groups excluding carboxylic acids is 3. The number of hydrogen-bond acceptors (Lipinski definition) is 3. The number of hydrogen-bond donors (Lipinski definition) is 1. The van der Waals surface area contributed by atoms with Crippen LogP contribution in [0.4, 0.5) is 11.4 Å². The summed E-state index contributed by atoms with van der Waals surface area (Å²) in [5, 5.41) is 2.98. The first-order valence-corrected chi connectivity index (χ1v) is 14.0. The highest BCUT2D eigenvalue weighted by Crippen LogP contribution is 2.45. The van der Waals surface area contributed by atoms with Gasteiger partial charge in [-0.1, -0.05) is 72.8 Å². The molecule has 0 radical (unpaired) electrons. The van der Waals surface area contributed by atoms with E-state index < -0.39 is 0 Å². The number of para-hydroxylation sites is 1. The van der Waals surface area contributed by atoms with E-state index in [0.29, 0.717) is 42.8 Å². The van der Waals surface area contributed by atoms with Gasteiger partial charge in [0.2, 0.25) is 5.91 Å². The van der Waals surface area contributed by atoms with Gasteiger partial charge in [-0.05, 0) is 78.3 Å². The highest BCUT2D eigenvalue weighted by molar-refractivity contribution is 6.07. The van der Waals surface area contributed by atoms with Crippen LogP contribution < -0.4 is 10.2 Å². The van der Waals surface area contributed by atoms with E-state index in [1.54, 1.807) is 24.3 Å². The molecule has 0 aromatic heterocycles. The predicted octanol–water partition coefficient (Wildman–Crippen LogP) is 6.87. The van der Waals surface area contributed by atoms with Crippen LogP contribution in [0, 0.1) is 5.41 Å². The van der Waals surface area contributed by atoms with Gasteiger partial charge < -0.3 is 10.2 Å². The van der Waals surface area contributed by atoms with E-state index in [4.69, 9.17) is 0 Å². The molecule has 1 atom stereocenters. The number of amides is 2. The Kier molecular flexibility index (Phi) is 7.04. The summed E-state index contributed by atoms with van der Waals surface area (Å²) in [5.41, 5.74) is 5.86. The van der Waals surface area contributed by atoms with Crippen LogP contribution in [0.2, 0.25) is 0 Å². The van der Waals surface area contributed by atoms with Gasteiger partial charge in [-0.15, -0.1) is 0 Å². The van der Waals surface area contributed by atoms with Crippen LogP contribution in [0.25, 0.3) is 11.1 Å². The average molecular weight is 529 g/mol. The van der Waals surface area contributed by atoms with Gasteiger partial charge >= 0.3 is 0 Å². The fraction of sp³-hybridized carbons (Fsp3) is 0.229. The molecule has 1 N–H and O–H groups in total. The van der Waals surface area contributed by atoms with Gasteiger partial charge in [-0.25, -0.2) is 0 Å². The summed E-state index contributed by atoms with van der Waals surface area (Å²) >= 11 is 0. The van der Waals surface area contributed by atoms with Crippen LogP contribution in [0.1, 0.15) is 47.2 Å². The summed E-state index contributed by atoms with van der Waals surface area (Å²) in [6.07, 6.45) is 4.10. The number of Topliss-reactive ketones (excluding diaryl/α,β-unsaturated/α-hetero) is 1. The number of nitrogens with zero attached hydrogens (tertiary/aromatic N) is 1. The summed E-state index contributed by atoms with van der Waals surface area (Å²) in [6, 6.07) is 33.0. The first-order chi connectivity index (χ1) is 19.5. The Bertz CT molecular complexity index is 1560. The molecule has 5 heteroatoms. The molecular weight excluding hydrogens is 496 g/mol. The number of rotatable bonds is 5. The van der Waals surface area contributed by atoms with Crippen LogP contribution in [-0.4, -0.2) is 24.1 Å². The Morgan fingerprint density at radius 1 is 0.800 bits per heavy atom. The lowest BCUT2D eigenvalue weighted by atomic mass is 9.77. The van der Waals surface area contributed by atoms with Gasteiger partial charge in [-0.3, -0.25) is 14.4 Å². The molecule has 1 aliphatic heterocycles. The van der Waals surface area contributed by atoms with Gasteiger partial charge in [0.15, 0.2) is 0 Å². The van der Waals surface area contributed by atoms with Crippen molar-refractivity contribution in [1.82, 2.24) is 0 Å². The molecule has 6 rings (SSSR count). The summed E-state index contributed by atoms with van der Waals surface area (Å²) < 4.78 is 0. The van der Waals surface area contributed by atoms with Gasteiger partial charge in [0, 0.05) is 35.3 Å². The normalized spacial score (nSPS) is 18.3. The molecule has 1 heterocycles. The Labute approximate surface area is 234 Å². The molecule has 200 valence electrons. The van der Waals surface area contributed by atoms with E-state index >= 15 is 0 Å². The summed E-state index contributed by atoms with van der Waals surface area (Å²) in [5.74, 6) is 0.128. The lowest BCUT2D eigenvalue weighted by molar-refractivity contribution is -0.126. The number of carbonyl (C=O) groups is 3. The molecule has 1 saturated carbocycles. The van der Waals surface area contributed by atoms with Crippen LogP contribution >= 0.6 is 0 Å². The monoisotopic (exact) mass is 528 g/mol. The SMILES string of the molecule is O=C(Cc1ccccc1-c1ccccc1)Nc1ccc(C(=O)N2CCC3(CCCC3=O)Cc3ccccc32)cc1. The fourth-order valence-corrected chi connectivity index (χ4v) is 6.28. The topological polar surface area (TPSA) is 66.5 Å². The second-order valence-corrected chi connectivity index (χ2v) is 10.9. The van der Waals surface area contributed by atoms with E-state index in [0.717, 1.165) is 40.8 Å². The maximum absolute atomic E-state index is 13.7. The van der Waals surface area contributed by atoms with E-state index in [1.807, 2.05) is 83.8 Å². The van der Waals surface area contributed by atoms with E-state index in [-0.39, 0.29) is 23.7 Å². The Morgan fingerprint density at radius 2 is 1.52 bits per heavy atom. The zero-order valence-electron chi connectivity index (χ0n) is 22.4. The van der Waals surface area contributed by atoms with Gasteiger partial charge in [-0.2, -0.15) is 0 Å². The zero-order valence-corrected chi connectivity index (χ0v) is 22.4. The van der Waals surface area contributed by atoms with E-state index in [9.17, 15) is 14.4 Å². The van der Waals surface area contributed by atoms with E-state index in [2.05, 4.69) is 5.32 Å². The first-order valence-electron chi connectivity index (χ1n) is 14.0. The van der Waals surface area contributed by atoms with Crippen LogP contribution in [0.3, 0.4) is 0 Å². The van der Waals surface area contributed by atoms with Crippen molar-refractivity contribution in [2.75, 3.05) is 16.8 Å². The lowest BCUT2D eigenvalue weighted by Gasteiger charge is -2.26. The largest absolute Gasteiger partial charge is 0.326 e. The number of fused-ring (bicyclic) bond motifs is 1. The molecule has 0 saturated heterocycles. The fourth-order valence-electron chi connectivity index (χ4n) is 6.28. The second kappa shape index (κ2) is 10.9. The maximum Gasteiger partial charge on any atom is 0.258 e. The molecule has 1 fully saturated rings. The smallest absolute Gasteiger partial charge is 0.258 e. The third-order valence-electron chi connectivity index (χ3n) is 8.39. The van der Waals surface area contributed by atoms with E-state index in [1.165, 1.54) is 0 Å². The van der Waals surface area contributed by atoms with Gasteiger partial charge in [0.05, 0.1) is 6.42 Å². The minimum atomic E-state index is -0.349. The molecule has 4 aromatic carbocycles. The third kappa shape index (κ3) is 5.07. The quantitative estimate of drug-likeness (QED) is 0.308. The van der Waals surface area contributed by atoms with Crippen molar-refractivity contribution in [1.29, 1.82) is 0 Å². The highest BCUT2D eigenvalue weighted by atomic mass is 16.2. The summed E-state index contributed by atoms with van der Waals surface area (Å²) in [6.45, 7) is 0.515. The average Bonchev–Trinajstić information content (AvgIpc) is 3.24. The molecule has 0 bridgehead atoms. The summed E-state index contributed by atoms with van der Waals surface area (Å²) in [4.78, 5) is 41.3. The summed E-state index contributed by atoms with van der Waals surface area (Å²) in [7, 11) is 0. The molecule has 4 aromatic rings. The van der Waals surface area contributed by atoms with Crippen molar-refractivity contribution in [3.63, 3.8) is 0 Å². The maximum atomic E-state index is 13.7. The Balaban J connectivity index is 1.16. The minimum Gasteiger partial charge on any atom is -0.326 e. The molecule has 5 nitrogen and oxygen atoms in total. The molecule has 1 spiro atoms. The van der Waals surface area contributed by atoms with Gasteiger partial charge in [0.25, 0.3) is 5.91 Å². The Hall–Kier alpha value is -4.51. The van der Waals surface area contributed by atoms with Crippen molar-refractivity contribution in [3.8, 4) is 11.1 Å². The number of benzene rings is 4. The van der Waals surface area contributed by atoms with Crippen LogP contribution in [0.5, 0.6) is 0 Å². The minimum absolute atomic E-state index is 0.0930. The number of ketones is 1. The predicted molar refractivity (Wildman–Crippen MR) is 158 cm³/mol. The third-order valence-corrected chi connectivity index (χ3v) is 8.39. The zero-order chi connectivity index (χ0) is 27.5. The molecule has 40 heavy (non-hydrogen) atoms. The van der Waals surface area contributed by atoms with Crippen LogP contribution in [-0.2, 0) is 22.4 Å². The standard InChI is InChI=1S/C35H32N2O3/c38-32-15-8-20-35(32)21-22-37(31-14-7-5-12-28(31)24-35)34(40)26-16-18-29(19-17-26)36-33(39)23-27-11-4-6-13-30(27)25-9-2-1-3-10-25/h1-7,9-14,16-19H,8,15,20-24H2,(H,36,39). The molecule has 2 aliphatic rings. The molecule has 1 aliphatic carbocycles. The molecule has 1 unspecified atom stereocenters. The molecular formula is C35H32N2O3. The van der Waals surface area contributed by atoms with Crippen molar-refractivity contribution >= 4 is 29.0 Å². The van der Waals surface area contributed by atoms with Crippen molar-refractivity contribution in [2.24, 2.45) is 5.41 Å². The number of nitrogens with one attached hydrogen (secondary N) is 1. The van der Waals surface area contributed by atoms with Crippen molar-refractivity contribution < 1.29 is 14.4 Å². The van der Waals surface area contributed by atoms with Crippen molar-refractivity contribution in [3.05, 3.63) is 120 Å². The van der Waals surface area contributed by atoms with Gasteiger partial charge in [0.1, 0.15) is 5.78 Å². The highest BCUT2D eigenvalue weighted by Gasteiger charge is 2.44. The lowest BCUT2D eigenvalue weighted by Crippen LogP contribution is -2.34. The Morgan fingerprint density at radius 3 is 2.30 bits per heavy atom. The van der Waals surface area contributed by atoms with Crippen molar-refractivity contribution in [2.45, 2.75) is 38.5 Å². The number of anilines is 2.